The van der Waals surface area contributed by atoms with Gasteiger partial charge in [0.1, 0.15) is 5.04 Å². The van der Waals surface area contributed by atoms with Gasteiger partial charge in [-0.2, -0.15) is 0 Å². The highest BCUT2D eigenvalue weighted by molar-refractivity contribution is 8.15. The number of benzene rings is 1. The van der Waals surface area contributed by atoms with Gasteiger partial charge in [0.05, 0.1) is 11.9 Å². The van der Waals surface area contributed by atoms with Crippen molar-refractivity contribution in [3.8, 4) is 0 Å². The first-order chi connectivity index (χ1) is 8.70. The maximum absolute atomic E-state index is 10.8. The second-order valence-corrected chi connectivity index (χ2v) is 5.45. The summed E-state index contributed by atoms with van der Waals surface area (Å²) in [7, 11) is 0. The third kappa shape index (κ3) is 3.14. The molecule has 6 heteroatoms. The summed E-state index contributed by atoms with van der Waals surface area (Å²) in [6, 6.07) is 7.19. The SMILES string of the molecule is CSc1ccccc1N=CC1=NC(C(=O)O)CS1. The molecule has 0 saturated carbocycles. The van der Waals surface area contributed by atoms with Gasteiger partial charge in [0.15, 0.2) is 6.04 Å². The Hall–Kier alpha value is -1.27. The van der Waals surface area contributed by atoms with Crippen molar-refractivity contribution in [3.05, 3.63) is 24.3 Å². The fourth-order valence-corrected chi connectivity index (χ4v) is 2.87. The summed E-state index contributed by atoms with van der Waals surface area (Å²) in [5.41, 5.74) is 0.882. The summed E-state index contributed by atoms with van der Waals surface area (Å²) in [6.45, 7) is 0. The Balaban J connectivity index is 2.12. The number of carboxylic acids is 1. The molecule has 0 amide bonds. The first-order valence-electron chi connectivity index (χ1n) is 5.31. The third-order valence-electron chi connectivity index (χ3n) is 2.36. The van der Waals surface area contributed by atoms with Crippen molar-refractivity contribution in [1.82, 2.24) is 0 Å². The third-order valence-corrected chi connectivity index (χ3v) is 4.13. The molecular weight excluding hydrogens is 268 g/mol. The summed E-state index contributed by atoms with van der Waals surface area (Å²) >= 11 is 3.05. The average molecular weight is 280 g/mol. The zero-order valence-electron chi connectivity index (χ0n) is 9.74. The Morgan fingerprint density at radius 2 is 2.39 bits per heavy atom. The van der Waals surface area contributed by atoms with Crippen molar-refractivity contribution in [2.75, 3.05) is 12.0 Å². The average Bonchev–Trinajstić information content (AvgIpc) is 2.85. The van der Waals surface area contributed by atoms with E-state index in [1.54, 1.807) is 18.0 Å². The van der Waals surface area contributed by atoms with E-state index >= 15 is 0 Å². The maximum atomic E-state index is 10.8. The normalized spacial score (nSPS) is 19.2. The number of nitrogens with zero attached hydrogens (tertiary/aromatic N) is 2. The first kappa shape index (κ1) is 13.2. The van der Waals surface area contributed by atoms with Gasteiger partial charge in [-0.25, -0.2) is 4.79 Å². The molecule has 0 aliphatic carbocycles. The minimum atomic E-state index is -0.879. The second kappa shape index (κ2) is 6.06. The fourth-order valence-electron chi connectivity index (χ4n) is 1.45. The lowest BCUT2D eigenvalue weighted by molar-refractivity contribution is -0.137. The monoisotopic (exact) mass is 280 g/mol. The van der Waals surface area contributed by atoms with Gasteiger partial charge in [-0.05, 0) is 18.4 Å². The molecular formula is C12H12N2O2S2. The fraction of sp³-hybridized carbons (Fsp3) is 0.250. The molecule has 1 aliphatic rings. The summed E-state index contributed by atoms with van der Waals surface area (Å²) < 4.78 is 0. The molecule has 94 valence electrons. The van der Waals surface area contributed by atoms with Crippen molar-refractivity contribution in [2.24, 2.45) is 9.98 Å². The molecule has 4 nitrogen and oxygen atoms in total. The number of carbonyl (C=O) groups is 1. The number of rotatable bonds is 4. The molecule has 1 aliphatic heterocycles. The van der Waals surface area contributed by atoms with Crippen molar-refractivity contribution < 1.29 is 9.90 Å². The Bertz CT molecular complexity index is 515. The Morgan fingerprint density at radius 3 is 3.06 bits per heavy atom. The molecule has 1 unspecified atom stereocenters. The van der Waals surface area contributed by atoms with Crippen LogP contribution in [0, 0.1) is 0 Å². The number of aliphatic imine (C=N–C) groups is 2. The predicted molar refractivity (Wildman–Crippen MR) is 77.7 cm³/mol. The van der Waals surface area contributed by atoms with Crippen LogP contribution in [0.1, 0.15) is 0 Å². The highest BCUT2D eigenvalue weighted by Gasteiger charge is 2.23. The van der Waals surface area contributed by atoms with Crippen LogP contribution in [0.4, 0.5) is 5.69 Å². The van der Waals surface area contributed by atoms with Gasteiger partial charge >= 0.3 is 5.97 Å². The van der Waals surface area contributed by atoms with Crippen molar-refractivity contribution in [3.63, 3.8) is 0 Å². The zero-order valence-corrected chi connectivity index (χ0v) is 11.4. The largest absolute Gasteiger partial charge is 0.480 e. The van der Waals surface area contributed by atoms with E-state index in [2.05, 4.69) is 9.98 Å². The van der Waals surface area contributed by atoms with Gasteiger partial charge in [-0.3, -0.25) is 9.98 Å². The number of para-hydroxylation sites is 1. The zero-order chi connectivity index (χ0) is 13.0. The lowest BCUT2D eigenvalue weighted by atomic mass is 10.3. The molecule has 1 atom stereocenters. The van der Waals surface area contributed by atoms with Crippen LogP contribution in [0.25, 0.3) is 0 Å². The van der Waals surface area contributed by atoms with Crippen LogP contribution in [-0.2, 0) is 4.79 Å². The summed E-state index contributed by atoms with van der Waals surface area (Å²) in [6.07, 6.45) is 3.64. The summed E-state index contributed by atoms with van der Waals surface area (Å²) in [5, 5.41) is 9.51. The number of aliphatic carboxylic acids is 1. The summed E-state index contributed by atoms with van der Waals surface area (Å²) in [5.74, 6) is -0.392. The quantitative estimate of drug-likeness (QED) is 0.680. The molecule has 0 spiro atoms. The number of thioether (sulfide) groups is 2. The van der Waals surface area contributed by atoms with Gasteiger partial charge in [0, 0.05) is 10.6 Å². The lowest BCUT2D eigenvalue weighted by Crippen LogP contribution is -2.17. The van der Waals surface area contributed by atoms with Gasteiger partial charge in [0.25, 0.3) is 0 Å². The van der Waals surface area contributed by atoms with Crippen LogP contribution < -0.4 is 0 Å². The highest BCUT2D eigenvalue weighted by atomic mass is 32.2. The molecule has 0 saturated heterocycles. The van der Waals surface area contributed by atoms with E-state index in [0.717, 1.165) is 10.6 Å². The smallest absolute Gasteiger partial charge is 0.329 e. The van der Waals surface area contributed by atoms with E-state index in [4.69, 9.17) is 5.11 Å². The molecule has 1 aromatic carbocycles. The molecule has 0 bridgehead atoms. The van der Waals surface area contributed by atoms with E-state index < -0.39 is 12.0 Å². The van der Waals surface area contributed by atoms with E-state index in [9.17, 15) is 4.79 Å². The molecule has 1 heterocycles. The highest BCUT2D eigenvalue weighted by Crippen LogP contribution is 2.27. The Kier molecular flexibility index (Phi) is 4.43. The molecule has 0 aromatic heterocycles. The van der Waals surface area contributed by atoms with Crippen LogP contribution in [0.2, 0.25) is 0 Å². The second-order valence-electron chi connectivity index (χ2n) is 3.56. The molecule has 1 aromatic rings. The van der Waals surface area contributed by atoms with E-state index in [0.29, 0.717) is 10.8 Å². The minimum absolute atomic E-state index is 0.487. The van der Waals surface area contributed by atoms with Crippen LogP contribution in [0.5, 0.6) is 0 Å². The number of hydrogen-bond acceptors (Lipinski definition) is 5. The van der Waals surface area contributed by atoms with Crippen molar-refractivity contribution in [2.45, 2.75) is 10.9 Å². The van der Waals surface area contributed by atoms with Gasteiger partial charge in [0.2, 0.25) is 0 Å². The van der Waals surface area contributed by atoms with Crippen LogP contribution in [0.3, 0.4) is 0 Å². The maximum Gasteiger partial charge on any atom is 0.329 e. The topological polar surface area (TPSA) is 62.0 Å². The molecule has 0 fully saturated rings. The van der Waals surface area contributed by atoms with E-state index in [1.165, 1.54) is 11.8 Å². The minimum Gasteiger partial charge on any atom is -0.480 e. The van der Waals surface area contributed by atoms with E-state index in [1.807, 2.05) is 30.5 Å². The van der Waals surface area contributed by atoms with Gasteiger partial charge < -0.3 is 5.11 Å². The standard InChI is InChI=1S/C12H12N2O2S2/c1-17-10-5-3-2-4-8(10)13-6-11-14-9(7-18-11)12(15)16/h2-6,9H,7H2,1H3,(H,15,16). The van der Waals surface area contributed by atoms with Gasteiger partial charge in [-0.1, -0.05) is 12.1 Å². The molecule has 1 N–H and O–H groups in total. The number of hydrogen-bond donors (Lipinski definition) is 1. The van der Waals surface area contributed by atoms with E-state index in [-0.39, 0.29) is 0 Å². The summed E-state index contributed by atoms with van der Waals surface area (Å²) in [4.78, 5) is 20.3. The van der Waals surface area contributed by atoms with Crippen LogP contribution >= 0.6 is 23.5 Å². The first-order valence-corrected chi connectivity index (χ1v) is 7.52. The predicted octanol–water partition coefficient (Wildman–Crippen LogP) is 2.71. The van der Waals surface area contributed by atoms with Crippen LogP contribution in [-0.4, -0.2) is 40.4 Å². The van der Waals surface area contributed by atoms with Crippen molar-refractivity contribution >= 4 is 46.4 Å². The van der Waals surface area contributed by atoms with Gasteiger partial charge in [-0.15, -0.1) is 23.5 Å². The molecule has 18 heavy (non-hydrogen) atoms. The van der Waals surface area contributed by atoms with Crippen molar-refractivity contribution in [1.29, 1.82) is 0 Å². The number of carboxylic acid groups (broad SMARTS) is 1. The molecule has 2 rings (SSSR count). The van der Waals surface area contributed by atoms with Crippen LogP contribution in [0.15, 0.2) is 39.1 Å². The lowest BCUT2D eigenvalue weighted by Gasteiger charge is -2.00. The Morgan fingerprint density at radius 1 is 1.61 bits per heavy atom. The Labute approximate surface area is 114 Å². The molecule has 0 radical (unpaired) electrons.